The van der Waals surface area contributed by atoms with Crippen molar-refractivity contribution in [1.29, 1.82) is 0 Å². The first-order valence-electron chi connectivity index (χ1n) is 8.17. The standard InChI is InChI=1S/C20H14N4O3/c25-19-10-9-14(24(26)27)11-13(19)12-21-16-6-2-1-5-15(16)20-22-17-7-3-4-8-18(17)23-20/h1-12,25H,(H,22,23). The number of benzene rings is 3. The maximum absolute atomic E-state index is 10.9. The predicted octanol–water partition coefficient (Wildman–Crippen LogP) is 4.59. The normalized spacial score (nSPS) is 11.3. The molecule has 0 aliphatic carbocycles. The van der Waals surface area contributed by atoms with E-state index in [1.807, 2.05) is 48.5 Å². The van der Waals surface area contributed by atoms with Gasteiger partial charge in [0.2, 0.25) is 0 Å². The Morgan fingerprint density at radius 1 is 1.07 bits per heavy atom. The largest absolute Gasteiger partial charge is 0.507 e. The highest BCUT2D eigenvalue weighted by atomic mass is 16.6. The first-order chi connectivity index (χ1) is 13.1. The van der Waals surface area contributed by atoms with Gasteiger partial charge in [0, 0.05) is 29.5 Å². The summed E-state index contributed by atoms with van der Waals surface area (Å²) in [5, 5.41) is 20.9. The molecule has 3 aromatic carbocycles. The molecule has 0 unspecified atom stereocenters. The molecule has 7 nitrogen and oxygen atoms in total. The van der Waals surface area contributed by atoms with Crippen LogP contribution in [0.1, 0.15) is 5.56 Å². The highest BCUT2D eigenvalue weighted by Crippen LogP contribution is 2.30. The average molecular weight is 358 g/mol. The van der Waals surface area contributed by atoms with Crippen molar-refractivity contribution in [2.24, 2.45) is 4.99 Å². The minimum absolute atomic E-state index is 0.0782. The number of aromatic nitrogens is 2. The topological polar surface area (TPSA) is 104 Å². The second kappa shape index (κ2) is 6.72. The Morgan fingerprint density at radius 2 is 1.85 bits per heavy atom. The second-order valence-corrected chi connectivity index (χ2v) is 5.88. The number of fused-ring (bicyclic) bond motifs is 1. The monoisotopic (exact) mass is 358 g/mol. The number of nitro groups is 1. The Hall–Kier alpha value is -4.00. The zero-order valence-electron chi connectivity index (χ0n) is 14.0. The van der Waals surface area contributed by atoms with Gasteiger partial charge in [0.1, 0.15) is 11.6 Å². The Morgan fingerprint density at radius 3 is 2.67 bits per heavy atom. The van der Waals surface area contributed by atoms with Gasteiger partial charge in [0.25, 0.3) is 5.69 Å². The molecule has 2 N–H and O–H groups in total. The third-order valence-electron chi connectivity index (χ3n) is 4.11. The van der Waals surface area contributed by atoms with Crippen LogP contribution in [-0.2, 0) is 0 Å². The van der Waals surface area contributed by atoms with E-state index in [2.05, 4.69) is 15.0 Å². The van der Waals surface area contributed by atoms with Gasteiger partial charge in [0.15, 0.2) is 0 Å². The second-order valence-electron chi connectivity index (χ2n) is 5.88. The van der Waals surface area contributed by atoms with Gasteiger partial charge in [-0.05, 0) is 30.3 Å². The number of hydrogen-bond donors (Lipinski definition) is 2. The lowest BCUT2D eigenvalue weighted by molar-refractivity contribution is -0.384. The van der Waals surface area contributed by atoms with E-state index in [0.29, 0.717) is 11.5 Å². The lowest BCUT2D eigenvalue weighted by atomic mass is 10.1. The summed E-state index contributed by atoms with van der Waals surface area (Å²) < 4.78 is 0. The molecule has 0 bridgehead atoms. The number of nitrogens with zero attached hydrogens (tertiary/aromatic N) is 3. The van der Waals surface area contributed by atoms with Crippen molar-refractivity contribution >= 4 is 28.6 Å². The van der Waals surface area contributed by atoms with Gasteiger partial charge in [-0.1, -0.05) is 24.3 Å². The number of H-pyrrole nitrogens is 1. The first kappa shape index (κ1) is 16.5. The van der Waals surface area contributed by atoms with Crippen LogP contribution < -0.4 is 0 Å². The lowest BCUT2D eigenvalue weighted by Gasteiger charge is -2.03. The van der Waals surface area contributed by atoms with E-state index >= 15 is 0 Å². The zero-order valence-corrected chi connectivity index (χ0v) is 14.0. The summed E-state index contributed by atoms with van der Waals surface area (Å²) in [4.78, 5) is 22.7. The molecule has 0 atom stereocenters. The van der Waals surface area contributed by atoms with Crippen molar-refractivity contribution in [2.45, 2.75) is 0 Å². The predicted molar refractivity (Wildman–Crippen MR) is 104 cm³/mol. The fourth-order valence-corrected chi connectivity index (χ4v) is 2.76. The number of hydrogen-bond acceptors (Lipinski definition) is 5. The molecule has 4 aromatic rings. The number of nitro benzene ring substituents is 1. The number of imidazole rings is 1. The molecule has 7 heteroatoms. The quantitative estimate of drug-likeness (QED) is 0.316. The SMILES string of the molecule is O=[N+]([O-])c1ccc(O)c(C=Nc2ccccc2-c2nc3ccccc3[nH]2)c1. The average Bonchev–Trinajstić information content (AvgIpc) is 3.11. The number of aromatic hydroxyl groups is 1. The van der Waals surface area contributed by atoms with Crippen molar-refractivity contribution in [3.05, 3.63) is 82.4 Å². The molecule has 0 spiro atoms. The Bertz CT molecular complexity index is 1150. The van der Waals surface area contributed by atoms with E-state index in [9.17, 15) is 15.2 Å². The van der Waals surface area contributed by atoms with Gasteiger partial charge in [-0.15, -0.1) is 0 Å². The van der Waals surface area contributed by atoms with Crippen molar-refractivity contribution < 1.29 is 10.0 Å². The van der Waals surface area contributed by atoms with E-state index < -0.39 is 4.92 Å². The number of non-ortho nitro benzene ring substituents is 1. The Labute approximate surface area is 153 Å². The van der Waals surface area contributed by atoms with Crippen molar-refractivity contribution in [1.82, 2.24) is 9.97 Å². The maximum atomic E-state index is 10.9. The Kier molecular flexibility index (Phi) is 4.10. The molecule has 132 valence electrons. The molecule has 0 amide bonds. The molecule has 0 saturated carbocycles. The third-order valence-corrected chi connectivity index (χ3v) is 4.11. The van der Waals surface area contributed by atoms with Crippen molar-refractivity contribution in [3.63, 3.8) is 0 Å². The fourth-order valence-electron chi connectivity index (χ4n) is 2.76. The Balaban J connectivity index is 1.75. The summed E-state index contributed by atoms with van der Waals surface area (Å²) in [7, 11) is 0. The summed E-state index contributed by atoms with van der Waals surface area (Å²) in [6, 6.07) is 18.9. The highest BCUT2D eigenvalue weighted by molar-refractivity contribution is 5.89. The van der Waals surface area contributed by atoms with Crippen LogP contribution in [0.4, 0.5) is 11.4 Å². The molecule has 0 saturated heterocycles. The summed E-state index contributed by atoms with van der Waals surface area (Å²) in [5.41, 5.74) is 3.34. The summed E-state index contributed by atoms with van der Waals surface area (Å²) in [6.07, 6.45) is 1.41. The van der Waals surface area contributed by atoms with E-state index in [1.54, 1.807) is 0 Å². The van der Waals surface area contributed by atoms with Gasteiger partial charge >= 0.3 is 0 Å². The zero-order chi connectivity index (χ0) is 18.8. The van der Waals surface area contributed by atoms with E-state index in [0.717, 1.165) is 16.6 Å². The molecular weight excluding hydrogens is 344 g/mol. The number of para-hydroxylation sites is 3. The number of nitrogens with one attached hydrogen (secondary N) is 1. The van der Waals surface area contributed by atoms with Gasteiger partial charge in [0.05, 0.1) is 21.6 Å². The van der Waals surface area contributed by atoms with Gasteiger partial charge in [-0.3, -0.25) is 15.1 Å². The molecule has 0 aliphatic heterocycles. The number of aromatic amines is 1. The van der Waals surface area contributed by atoms with Crippen LogP contribution in [0.15, 0.2) is 71.7 Å². The van der Waals surface area contributed by atoms with Crippen LogP contribution in [0, 0.1) is 10.1 Å². The molecular formula is C20H14N4O3. The van der Waals surface area contributed by atoms with Crippen molar-refractivity contribution in [3.8, 4) is 17.1 Å². The molecule has 1 aromatic heterocycles. The van der Waals surface area contributed by atoms with E-state index in [4.69, 9.17) is 0 Å². The third kappa shape index (κ3) is 3.25. The van der Waals surface area contributed by atoms with Crippen LogP contribution in [-0.4, -0.2) is 26.2 Å². The van der Waals surface area contributed by atoms with E-state index in [-0.39, 0.29) is 17.0 Å². The number of phenolic OH excluding ortho intramolecular Hbond substituents is 1. The highest BCUT2D eigenvalue weighted by Gasteiger charge is 2.11. The molecule has 0 fully saturated rings. The minimum Gasteiger partial charge on any atom is -0.507 e. The van der Waals surface area contributed by atoms with Gasteiger partial charge < -0.3 is 10.1 Å². The lowest BCUT2D eigenvalue weighted by Crippen LogP contribution is -1.90. The maximum Gasteiger partial charge on any atom is 0.270 e. The van der Waals surface area contributed by atoms with E-state index in [1.165, 1.54) is 24.4 Å². The van der Waals surface area contributed by atoms with Crippen LogP contribution in [0.3, 0.4) is 0 Å². The smallest absolute Gasteiger partial charge is 0.270 e. The number of rotatable bonds is 4. The van der Waals surface area contributed by atoms with Crippen LogP contribution in [0.2, 0.25) is 0 Å². The number of phenols is 1. The summed E-state index contributed by atoms with van der Waals surface area (Å²) in [6.45, 7) is 0. The van der Waals surface area contributed by atoms with Crippen LogP contribution >= 0.6 is 0 Å². The van der Waals surface area contributed by atoms with Gasteiger partial charge in [-0.25, -0.2) is 4.98 Å². The van der Waals surface area contributed by atoms with Crippen LogP contribution in [0.25, 0.3) is 22.4 Å². The number of aliphatic imine (C=N–C) groups is 1. The van der Waals surface area contributed by atoms with Gasteiger partial charge in [-0.2, -0.15) is 0 Å². The molecule has 0 radical (unpaired) electrons. The minimum atomic E-state index is -0.515. The molecule has 4 rings (SSSR count). The molecule has 0 aliphatic rings. The fraction of sp³-hybridized carbons (Fsp3) is 0. The molecule has 1 heterocycles. The summed E-state index contributed by atoms with van der Waals surface area (Å²) >= 11 is 0. The molecule has 27 heavy (non-hydrogen) atoms. The summed E-state index contributed by atoms with van der Waals surface area (Å²) in [5.74, 6) is 0.595. The van der Waals surface area contributed by atoms with Crippen molar-refractivity contribution in [2.75, 3.05) is 0 Å². The van der Waals surface area contributed by atoms with Crippen LogP contribution in [0.5, 0.6) is 5.75 Å². The first-order valence-corrected chi connectivity index (χ1v) is 8.17.